The van der Waals surface area contributed by atoms with E-state index in [9.17, 15) is 9.59 Å². The third-order valence-electron chi connectivity index (χ3n) is 3.17. The Hall–Kier alpha value is -2.42. The molecule has 0 saturated heterocycles. The summed E-state index contributed by atoms with van der Waals surface area (Å²) in [7, 11) is 0. The Balaban J connectivity index is 1.91. The maximum Gasteiger partial charge on any atom is 0.171 e. The lowest BCUT2D eigenvalue weighted by atomic mass is 10.1. The molecule has 0 N–H and O–H groups in total. The van der Waals surface area contributed by atoms with Gasteiger partial charge >= 0.3 is 0 Å². The zero-order valence-corrected chi connectivity index (χ0v) is 10.5. The van der Waals surface area contributed by atoms with Gasteiger partial charge < -0.3 is 4.74 Å². The maximum absolute atomic E-state index is 11.6. The summed E-state index contributed by atoms with van der Waals surface area (Å²) in [6.45, 7) is 2.00. The average Bonchev–Trinajstić information content (AvgIpc) is 2.68. The molecule has 0 heterocycles. The third kappa shape index (κ3) is 2.15. The minimum Gasteiger partial charge on any atom is -0.457 e. The van der Waals surface area contributed by atoms with E-state index >= 15 is 0 Å². The van der Waals surface area contributed by atoms with E-state index in [1.165, 1.54) is 0 Å². The Morgan fingerprint density at radius 2 is 1.47 bits per heavy atom. The van der Waals surface area contributed by atoms with E-state index in [2.05, 4.69) is 0 Å². The van der Waals surface area contributed by atoms with Crippen molar-refractivity contribution in [2.24, 2.45) is 0 Å². The Labute approximate surface area is 110 Å². The van der Waals surface area contributed by atoms with Gasteiger partial charge in [0.15, 0.2) is 11.6 Å². The third-order valence-corrected chi connectivity index (χ3v) is 3.17. The number of hydrogen-bond donors (Lipinski definition) is 0. The molecular weight excluding hydrogens is 240 g/mol. The maximum atomic E-state index is 11.6. The molecule has 3 rings (SSSR count). The molecule has 1 aliphatic rings. The zero-order valence-electron chi connectivity index (χ0n) is 10.5. The van der Waals surface area contributed by atoms with Crippen LogP contribution in [0.5, 0.6) is 11.5 Å². The highest BCUT2D eigenvalue weighted by Crippen LogP contribution is 2.29. The largest absolute Gasteiger partial charge is 0.457 e. The fraction of sp³-hybridized carbons (Fsp3) is 0.125. The molecule has 94 valence electrons. The highest BCUT2D eigenvalue weighted by molar-refractivity contribution is 6.24. The van der Waals surface area contributed by atoms with Gasteiger partial charge in [0.1, 0.15) is 11.5 Å². The first-order chi connectivity index (χ1) is 9.13. The van der Waals surface area contributed by atoms with E-state index in [1.807, 2.05) is 31.2 Å². The smallest absolute Gasteiger partial charge is 0.171 e. The van der Waals surface area contributed by atoms with Crippen molar-refractivity contribution >= 4 is 11.6 Å². The molecule has 0 amide bonds. The van der Waals surface area contributed by atoms with Gasteiger partial charge in [-0.15, -0.1) is 0 Å². The molecule has 0 fully saturated rings. The van der Waals surface area contributed by atoms with E-state index in [1.54, 1.807) is 18.2 Å². The molecule has 3 heteroatoms. The van der Waals surface area contributed by atoms with Crippen LogP contribution in [0.1, 0.15) is 32.7 Å². The van der Waals surface area contributed by atoms with Gasteiger partial charge in [0.2, 0.25) is 0 Å². The number of Topliss-reactive ketones (excluding diaryl/α,β-unsaturated/α-hetero) is 2. The van der Waals surface area contributed by atoms with Gasteiger partial charge in [-0.1, -0.05) is 17.7 Å². The molecule has 0 radical (unpaired) electrons. The number of carbonyl (C=O) groups is 2. The molecule has 19 heavy (non-hydrogen) atoms. The average molecular weight is 252 g/mol. The van der Waals surface area contributed by atoms with Crippen LogP contribution in [0.15, 0.2) is 42.5 Å². The van der Waals surface area contributed by atoms with Crippen LogP contribution >= 0.6 is 0 Å². The summed E-state index contributed by atoms with van der Waals surface area (Å²) in [4.78, 5) is 23.2. The van der Waals surface area contributed by atoms with E-state index < -0.39 is 0 Å². The van der Waals surface area contributed by atoms with Crippen LogP contribution in [-0.4, -0.2) is 11.6 Å². The van der Waals surface area contributed by atoms with Crippen LogP contribution < -0.4 is 4.74 Å². The molecular formula is C16H12O3. The van der Waals surface area contributed by atoms with Crippen LogP contribution in [0.3, 0.4) is 0 Å². The Bertz CT molecular complexity index is 669. The molecule has 0 bridgehead atoms. The number of aryl methyl sites for hydroxylation is 1. The van der Waals surface area contributed by atoms with Crippen molar-refractivity contribution in [3.05, 3.63) is 59.2 Å². The van der Waals surface area contributed by atoms with Crippen LogP contribution in [-0.2, 0) is 0 Å². The van der Waals surface area contributed by atoms with Gasteiger partial charge in [-0.25, -0.2) is 0 Å². The van der Waals surface area contributed by atoms with Gasteiger partial charge in [0.05, 0.1) is 6.42 Å². The standard InChI is InChI=1S/C16H12O3/c1-10-2-4-11(5-3-10)19-12-6-7-13-14(8-12)16(18)9-15(13)17/h2-8H,9H2,1H3. The molecule has 0 saturated carbocycles. The number of carbonyl (C=O) groups excluding carboxylic acids is 2. The number of ether oxygens (including phenoxy) is 1. The highest BCUT2D eigenvalue weighted by atomic mass is 16.5. The summed E-state index contributed by atoms with van der Waals surface area (Å²) >= 11 is 0. The van der Waals surface area contributed by atoms with Crippen molar-refractivity contribution in [3.8, 4) is 11.5 Å². The van der Waals surface area contributed by atoms with Crippen LogP contribution in [0.25, 0.3) is 0 Å². The van der Waals surface area contributed by atoms with Gasteiger partial charge in [-0.05, 0) is 37.3 Å². The summed E-state index contributed by atoms with van der Waals surface area (Å²) in [6.07, 6.45) is -0.0245. The second-order valence-electron chi connectivity index (χ2n) is 4.65. The Morgan fingerprint density at radius 1 is 0.842 bits per heavy atom. The highest BCUT2D eigenvalue weighted by Gasteiger charge is 2.27. The molecule has 0 aliphatic heterocycles. The minimum atomic E-state index is -0.130. The first-order valence-corrected chi connectivity index (χ1v) is 6.08. The van der Waals surface area contributed by atoms with Crippen molar-refractivity contribution in [2.75, 3.05) is 0 Å². The molecule has 0 spiro atoms. The van der Waals surface area contributed by atoms with E-state index in [0.717, 1.165) is 5.56 Å². The lowest BCUT2D eigenvalue weighted by molar-refractivity contribution is 0.0923. The van der Waals surface area contributed by atoms with Crippen LogP contribution in [0.2, 0.25) is 0 Å². The molecule has 3 nitrogen and oxygen atoms in total. The van der Waals surface area contributed by atoms with E-state index in [4.69, 9.17) is 4.74 Å². The summed E-state index contributed by atoms with van der Waals surface area (Å²) < 4.78 is 5.68. The minimum absolute atomic E-state index is 0.0245. The zero-order chi connectivity index (χ0) is 13.4. The first-order valence-electron chi connectivity index (χ1n) is 6.08. The normalized spacial score (nSPS) is 13.5. The SMILES string of the molecule is Cc1ccc(Oc2ccc3c(c2)C(=O)CC3=O)cc1. The molecule has 2 aromatic carbocycles. The molecule has 0 aromatic heterocycles. The van der Waals surface area contributed by atoms with Crippen molar-refractivity contribution < 1.29 is 14.3 Å². The molecule has 1 aliphatic carbocycles. The fourth-order valence-electron chi connectivity index (χ4n) is 2.14. The molecule has 0 unspecified atom stereocenters. The van der Waals surface area contributed by atoms with Crippen molar-refractivity contribution in [1.29, 1.82) is 0 Å². The quantitative estimate of drug-likeness (QED) is 0.767. The molecule has 0 atom stereocenters. The van der Waals surface area contributed by atoms with Crippen molar-refractivity contribution in [3.63, 3.8) is 0 Å². The summed E-state index contributed by atoms with van der Waals surface area (Å²) in [5, 5.41) is 0. The predicted octanol–water partition coefficient (Wildman–Crippen LogP) is 3.56. The molecule has 2 aromatic rings. The number of ketones is 2. The van der Waals surface area contributed by atoms with Crippen molar-refractivity contribution in [1.82, 2.24) is 0 Å². The monoisotopic (exact) mass is 252 g/mol. The second-order valence-corrected chi connectivity index (χ2v) is 4.65. The second kappa shape index (κ2) is 4.35. The topological polar surface area (TPSA) is 43.4 Å². The lowest BCUT2D eigenvalue weighted by Gasteiger charge is -2.07. The van der Waals surface area contributed by atoms with E-state index in [0.29, 0.717) is 22.6 Å². The summed E-state index contributed by atoms with van der Waals surface area (Å²) in [6, 6.07) is 12.7. The predicted molar refractivity (Wildman–Crippen MR) is 71.0 cm³/mol. The van der Waals surface area contributed by atoms with E-state index in [-0.39, 0.29) is 18.0 Å². The van der Waals surface area contributed by atoms with Crippen LogP contribution in [0, 0.1) is 6.92 Å². The van der Waals surface area contributed by atoms with Crippen LogP contribution in [0.4, 0.5) is 0 Å². The Kier molecular flexibility index (Phi) is 2.67. The van der Waals surface area contributed by atoms with Gasteiger partial charge in [-0.3, -0.25) is 9.59 Å². The number of hydrogen-bond acceptors (Lipinski definition) is 3. The van der Waals surface area contributed by atoms with Gasteiger partial charge in [0.25, 0.3) is 0 Å². The first kappa shape index (κ1) is 11.7. The van der Waals surface area contributed by atoms with Gasteiger partial charge in [-0.2, -0.15) is 0 Å². The number of rotatable bonds is 2. The summed E-state index contributed by atoms with van der Waals surface area (Å²) in [5.41, 5.74) is 2.12. The lowest BCUT2D eigenvalue weighted by Crippen LogP contribution is -1.92. The Morgan fingerprint density at radius 3 is 2.21 bits per heavy atom. The van der Waals surface area contributed by atoms with Gasteiger partial charge in [0, 0.05) is 11.1 Å². The number of fused-ring (bicyclic) bond motifs is 1. The fourth-order valence-corrected chi connectivity index (χ4v) is 2.14. The van der Waals surface area contributed by atoms with Crippen molar-refractivity contribution in [2.45, 2.75) is 13.3 Å². The summed E-state index contributed by atoms with van der Waals surface area (Å²) in [5.74, 6) is 1.05. The number of benzene rings is 2.